The molecule has 8 saturated carbocycles. The van der Waals surface area contributed by atoms with Gasteiger partial charge in [0, 0.05) is 0 Å². The van der Waals surface area contributed by atoms with E-state index in [1.165, 1.54) is 154 Å². The first-order chi connectivity index (χ1) is 27.7. The van der Waals surface area contributed by atoms with Crippen LogP contribution in [0.4, 0.5) is 0 Å². The molecule has 0 radical (unpaired) electrons. The van der Waals surface area contributed by atoms with Crippen molar-refractivity contribution in [3.8, 4) is 0 Å². The third kappa shape index (κ3) is 6.15. The fraction of sp³-hybridized carbons (Fsp3) is 1.00. The Bertz CT molecular complexity index is 1120. The molecule has 0 aromatic heterocycles. The number of rotatable bonds is 0. The molecule has 0 amide bonds. The summed E-state index contributed by atoms with van der Waals surface area (Å²) in [5, 5.41) is 35.9. The van der Waals surface area contributed by atoms with Gasteiger partial charge >= 0.3 is 0 Å². The van der Waals surface area contributed by atoms with Gasteiger partial charge in [0.05, 0.1) is 49.3 Å². The molecule has 0 aromatic carbocycles. The van der Waals surface area contributed by atoms with Gasteiger partial charge in [0.1, 0.15) is 0 Å². The van der Waals surface area contributed by atoms with Gasteiger partial charge in [0.2, 0.25) is 0 Å². The summed E-state index contributed by atoms with van der Waals surface area (Å²) in [4.78, 5) is 0. The van der Waals surface area contributed by atoms with Crippen LogP contribution in [0.3, 0.4) is 0 Å². The van der Waals surface area contributed by atoms with Crippen molar-refractivity contribution >= 4 is 0 Å². The van der Waals surface area contributed by atoms with Crippen LogP contribution in [0.1, 0.15) is 154 Å². The summed E-state index contributed by atoms with van der Waals surface area (Å²) in [5.74, 6) is 13.6. The molecular formula is C48H80N8. The van der Waals surface area contributed by atoms with Crippen molar-refractivity contribution in [2.75, 3.05) is 0 Å². The van der Waals surface area contributed by atoms with Gasteiger partial charge in [-0.05, 0) is 146 Å². The fourth-order valence-electron chi connectivity index (χ4n) is 18.8. The molecule has 56 heavy (non-hydrogen) atoms. The minimum atomic E-state index is 0.411. The Labute approximate surface area is 339 Å². The first-order valence-electron chi connectivity index (χ1n) is 25.8. The van der Waals surface area contributed by atoms with E-state index in [4.69, 9.17) is 0 Å². The lowest BCUT2D eigenvalue weighted by molar-refractivity contribution is 0.0496. The average Bonchev–Trinajstić information content (AvgIpc) is 3.95. The quantitative estimate of drug-likeness (QED) is 0.138. The maximum atomic E-state index is 4.53. The number of hydrogen-bond acceptors (Lipinski definition) is 8. The van der Waals surface area contributed by atoms with Crippen LogP contribution in [0.2, 0.25) is 0 Å². The zero-order chi connectivity index (χ0) is 36.5. The second-order valence-electron chi connectivity index (χ2n) is 23.6. The van der Waals surface area contributed by atoms with E-state index in [9.17, 15) is 0 Å². The van der Waals surface area contributed by atoms with Gasteiger partial charge in [-0.15, -0.1) is 0 Å². The van der Waals surface area contributed by atoms with Gasteiger partial charge in [0.25, 0.3) is 0 Å². The van der Waals surface area contributed by atoms with E-state index >= 15 is 0 Å². The van der Waals surface area contributed by atoms with Crippen LogP contribution in [0, 0.1) is 94.7 Å². The van der Waals surface area contributed by atoms with Crippen molar-refractivity contribution in [1.29, 1.82) is 0 Å². The van der Waals surface area contributed by atoms with Gasteiger partial charge in [0.15, 0.2) is 0 Å². The minimum Gasteiger partial charge on any atom is -0.286 e. The number of nitrogens with one attached hydrogen (secondary N) is 8. The topological polar surface area (TPSA) is 96.2 Å². The Hall–Kier alpha value is -0.320. The molecule has 16 unspecified atom stereocenters. The Kier molecular flexibility index (Phi) is 9.51. The second-order valence-corrected chi connectivity index (χ2v) is 23.6. The van der Waals surface area contributed by atoms with Crippen molar-refractivity contribution in [2.24, 2.45) is 94.7 Å². The highest BCUT2D eigenvalue weighted by atomic mass is 15.4. The Morgan fingerprint density at radius 2 is 0.304 bits per heavy atom. The third-order valence-electron chi connectivity index (χ3n) is 21.4. The molecule has 5 saturated heterocycles. The molecule has 312 valence electrons. The number of fused-ring (bicyclic) bond motifs is 24. The third-order valence-corrected chi connectivity index (χ3v) is 21.4. The first-order valence-corrected chi connectivity index (χ1v) is 25.8. The number of hydrogen-bond donors (Lipinski definition) is 8. The van der Waals surface area contributed by atoms with Crippen LogP contribution in [0.15, 0.2) is 0 Å². The Morgan fingerprint density at radius 1 is 0.179 bits per heavy atom. The smallest absolute Gasteiger partial charge is 0.0628 e. The van der Waals surface area contributed by atoms with E-state index in [0.29, 0.717) is 49.3 Å². The molecule has 13 fully saturated rings. The summed E-state index contributed by atoms with van der Waals surface area (Å²) in [5.41, 5.74) is 0. The van der Waals surface area contributed by atoms with Crippen LogP contribution >= 0.6 is 0 Å². The van der Waals surface area contributed by atoms with E-state index in [0.717, 1.165) is 94.7 Å². The van der Waals surface area contributed by atoms with Crippen LogP contribution in [-0.4, -0.2) is 49.3 Å². The predicted octanol–water partition coefficient (Wildman–Crippen LogP) is 6.71. The van der Waals surface area contributed by atoms with Gasteiger partial charge in [-0.1, -0.05) is 103 Å². The van der Waals surface area contributed by atoms with Gasteiger partial charge in [-0.25, -0.2) is 0 Å². The zero-order valence-electron chi connectivity index (χ0n) is 34.8. The van der Waals surface area contributed by atoms with E-state index in [-0.39, 0.29) is 0 Å². The first kappa shape index (κ1) is 36.3. The molecule has 13 rings (SSSR count). The van der Waals surface area contributed by atoms with E-state index in [1.807, 2.05) is 0 Å². The fourth-order valence-corrected chi connectivity index (χ4v) is 18.8. The van der Waals surface area contributed by atoms with Crippen molar-refractivity contribution < 1.29 is 0 Å². The molecule has 0 spiro atoms. The van der Waals surface area contributed by atoms with Gasteiger partial charge in [-0.2, -0.15) is 0 Å². The van der Waals surface area contributed by atoms with Gasteiger partial charge in [-0.3, -0.25) is 42.5 Å². The highest BCUT2D eigenvalue weighted by Gasteiger charge is 2.58. The normalized spacial score (nSPS) is 60.0. The van der Waals surface area contributed by atoms with Crippen LogP contribution in [0.25, 0.3) is 0 Å². The lowest BCUT2D eigenvalue weighted by Gasteiger charge is -2.46. The summed E-state index contributed by atoms with van der Waals surface area (Å²) in [6.07, 6.45) is 38.6. The average molecular weight is 769 g/mol. The maximum absolute atomic E-state index is 4.53. The lowest BCUT2D eigenvalue weighted by atomic mass is 9.62. The Morgan fingerprint density at radius 3 is 0.429 bits per heavy atom. The molecule has 0 aromatic rings. The highest BCUT2D eigenvalue weighted by Crippen LogP contribution is 2.55. The van der Waals surface area contributed by atoms with E-state index in [1.54, 1.807) is 0 Å². The summed E-state index contributed by atoms with van der Waals surface area (Å²) in [7, 11) is 0. The van der Waals surface area contributed by atoms with E-state index < -0.39 is 0 Å². The van der Waals surface area contributed by atoms with Gasteiger partial charge < -0.3 is 0 Å². The minimum absolute atomic E-state index is 0.411. The molecule has 8 N–H and O–H groups in total. The molecule has 8 aliphatic carbocycles. The predicted molar refractivity (Wildman–Crippen MR) is 222 cm³/mol. The molecular weight excluding hydrogens is 689 g/mol. The van der Waals surface area contributed by atoms with Crippen molar-refractivity contribution in [3.63, 3.8) is 0 Å². The molecule has 5 heterocycles. The maximum Gasteiger partial charge on any atom is 0.0628 e. The Balaban J connectivity index is 0.860. The van der Waals surface area contributed by atoms with E-state index in [2.05, 4.69) is 42.5 Å². The summed E-state index contributed by atoms with van der Waals surface area (Å²) >= 11 is 0. The zero-order valence-corrected chi connectivity index (χ0v) is 34.8. The van der Waals surface area contributed by atoms with Crippen LogP contribution < -0.4 is 42.5 Å². The standard InChI is InChI=1S/C48H80N8/c1-2-10-26-18-34-33(17-25(26)9-1)41-49-42(34)54-44-37-21-29-13-5-6-14-30(29)22-38(37)46(51-44)56-48-40-24-32-16-8-7-15-31(32)23-39(40)47(52-48)55-45-36-20-28-12-4-3-11-27(28)19-35(36)43(50-45)53-41/h25-56H,1-24H2. The van der Waals surface area contributed by atoms with Crippen molar-refractivity contribution in [1.82, 2.24) is 42.5 Å². The lowest BCUT2D eigenvalue weighted by Crippen LogP contribution is -2.61. The highest BCUT2D eigenvalue weighted by molar-refractivity contribution is 5.11. The van der Waals surface area contributed by atoms with Crippen molar-refractivity contribution in [3.05, 3.63) is 0 Å². The molecule has 13 aliphatic rings. The summed E-state index contributed by atoms with van der Waals surface area (Å²) in [6.45, 7) is 0. The summed E-state index contributed by atoms with van der Waals surface area (Å²) in [6, 6.07) is 0. The summed E-state index contributed by atoms with van der Waals surface area (Å²) < 4.78 is 0. The monoisotopic (exact) mass is 769 g/mol. The molecule has 8 nitrogen and oxygen atoms in total. The van der Waals surface area contributed by atoms with Crippen LogP contribution in [0.5, 0.6) is 0 Å². The molecule has 8 heteroatoms. The molecule has 16 atom stereocenters. The molecule has 5 aliphatic heterocycles. The SMILES string of the molecule is C1CCC2CC3C4NC(NC5NC(NC6NC(NC7NC(N4)C4CC8CCCCC8CC74)C4CC7CCCCC7CC64)C4CC6CCCCC6CC54)C3CC2C1. The largest absolute Gasteiger partial charge is 0.286 e. The van der Waals surface area contributed by atoms with Crippen LogP contribution in [-0.2, 0) is 0 Å². The van der Waals surface area contributed by atoms with Crippen molar-refractivity contribution in [2.45, 2.75) is 203 Å². The molecule has 8 bridgehead atoms. The second kappa shape index (κ2) is 14.7.